The number of carbonyl (C=O) groups is 2. The quantitative estimate of drug-likeness (QED) is 0.258. The van der Waals surface area contributed by atoms with Gasteiger partial charge in [0, 0.05) is 11.9 Å². The number of fused-ring (bicyclic) bond motifs is 3. The molecule has 1 aromatic carbocycles. The molecule has 1 saturated carbocycles. The number of carboxylic acid groups (broad SMARTS) is 2. The minimum absolute atomic E-state index is 0. The largest absolute Gasteiger partial charge is 2.00 e. The molecule has 245 valence electrons. The molecule has 0 amide bonds. The monoisotopic (exact) mass is 634 g/mol. The van der Waals surface area contributed by atoms with Crippen LogP contribution in [0.4, 0.5) is 0 Å². The summed E-state index contributed by atoms with van der Waals surface area (Å²) in [7, 11) is 0. The molecule has 3 rings (SSSR count). The molecule has 0 aromatic heterocycles. The van der Waals surface area contributed by atoms with E-state index in [1.165, 1.54) is 37.7 Å². The van der Waals surface area contributed by atoms with Crippen LogP contribution in [-0.4, -0.2) is 18.5 Å². The van der Waals surface area contributed by atoms with Crippen molar-refractivity contribution in [2.24, 2.45) is 28.9 Å². The van der Waals surface area contributed by atoms with Crippen LogP contribution in [-0.2, 0) is 38.5 Å². The van der Waals surface area contributed by atoms with E-state index in [1.54, 1.807) is 11.1 Å². The van der Waals surface area contributed by atoms with E-state index >= 15 is 0 Å². The van der Waals surface area contributed by atoms with Crippen molar-refractivity contribution in [1.82, 2.24) is 0 Å². The van der Waals surface area contributed by atoms with Gasteiger partial charge in [-0.3, -0.25) is 0 Å². The van der Waals surface area contributed by atoms with Crippen LogP contribution in [0.15, 0.2) is 18.2 Å². The number of hydrogen-bond acceptors (Lipinski definition) is 5. The van der Waals surface area contributed by atoms with Crippen LogP contribution in [0.3, 0.4) is 0 Å². The van der Waals surface area contributed by atoms with Gasteiger partial charge in [-0.25, -0.2) is 0 Å². The molecule has 6 heteroatoms. The molecular formula is C36H61CuNO4. The number of benzene rings is 1. The van der Waals surface area contributed by atoms with Crippen LogP contribution < -0.4 is 15.9 Å². The van der Waals surface area contributed by atoms with Crippen LogP contribution in [0.1, 0.15) is 155 Å². The molecule has 2 N–H and O–H groups in total. The number of nitrogens with two attached hydrogens (primary N) is 1. The maximum absolute atomic E-state index is 10.3. The molecule has 2 aliphatic carbocycles. The van der Waals surface area contributed by atoms with E-state index in [0.29, 0.717) is 29.6 Å². The number of rotatable bonds is 12. The zero-order valence-electron chi connectivity index (χ0n) is 28.0. The smallest absolute Gasteiger partial charge is 0.550 e. The topological polar surface area (TPSA) is 106 Å². The van der Waals surface area contributed by atoms with Gasteiger partial charge in [-0.2, -0.15) is 0 Å². The van der Waals surface area contributed by atoms with Gasteiger partial charge in [0.1, 0.15) is 0 Å². The van der Waals surface area contributed by atoms with Crippen molar-refractivity contribution < 1.29 is 36.9 Å². The normalized spacial score (nSPS) is 23.9. The van der Waals surface area contributed by atoms with Crippen molar-refractivity contribution >= 4 is 11.9 Å². The van der Waals surface area contributed by atoms with E-state index in [2.05, 4.69) is 59.7 Å². The average Bonchev–Trinajstić information content (AvgIpc) is 2.94. The zero-order valence-corrected chi connectivity index (χ0v) is 28.9. The standard InChI is InChI=1S/C20H31N.2C8H16O2.Cu/c1-14(2)15-6-8-17-16(12-15)7-9-18-19(3,13-21)10-5-11-20(17,18)4;2*1-3-5-6-7(4-2)8(9)10;/h6,8,12,14,18H,5,7,9-11,13,21H2,1-4H3;2*7H,3-6H2,1-2H3,(H,9,10);/q;;;+2/p-2/t18-,19-,20+;;;/m0.../s1. The van der Waals surface area contributed by atoms with Gasteiger partial charge in [-0.1, -0.05) is 106 Å². The van der Waals surface area contributed by atoms with Gasteiger partial charge in [0.05, 0.1) is 0 Å². The molecule has 1 radical (unpaired) electrons. The summed E-state index contributed by atoms with van der Waals surface area (Å²) in [4.78, 5) is 20.7. The van der Waals surface area contributed by atoms with Crippen LogP contribution in [0.5, 0.6) is 0 Å². The Bertz CT molecular complexity index is 909. The predicted octanol–water partition coefficient (Wildman–Crippen LogP) is 6.68. The van der Waals surface area contributed by atoms with E-state index in [4.69, 9.17) is 5.73 Å². The number of hydrogen-bond donors (Lipinski definition) is 1. The molecule has 5 atom stereocenters. The van der Waals surface area contributed by atoms with Gasteiger partial charge in [0.15, 0.2) is 0 Å². The first-order chi connectivity index (χ1) is 19.3. The molecule has 5 nitrogen and oxygen atoms in total. The molecule has 0 spiro atoms. The van der Waals surface area contributed by atoms with Crippen molar-refractivity contribution in [3.63, 3.8) is 0 Å². The Hall–Kier alpha value is -1.36. The molecule has 0 heterocycles. The first-order valence-corrected chi connectivity index (χ1v) is 16.6. The van der Waals surface area contributed by atoms with Gasteiger partial charge < -0.3 is 25.5 Å². The van der Waals surface area contributed by atoms with Gasteiger partial charge in [-0.15, -0.1) is 0 Å². The Kier molecular flexibility index (Phi) is 19.2. The van der Waals surface area contributed by atoms with E-state index in [0.717, 1.165) is 51.0 Å². The van der Waals surface area contributed by atoms with Crippen LogP contribution in [0.2, 0.25) is 0 Å². The molecule has 0 bridgehead atoms. The molecular weight excluding hydrogens is 574 g/mol. The second kappa shape index (κ2) is 19.8. The SMILES string of the molecule is CC(C)c1ccc2c(c1)CC[C@H]1[C@](C)(CN)CCC[C@]21C.CCCCC(CC)C(=O)[O-].CCCCC(CC)C(=O)[O-].[Cu+2]. The molecule has 1 aromatic rings. The van der Waals surface area contributed by atoms with Crippen molar-refractivity contribution in [2.75, 3.05) is 6.54 Å². The van der Waals surface area contributed by atoms with Crippen molar-refractivity contribution in [3.8, 4) is 0 Å². The Morgan fingerprint density at radius 1 is 0.929 bits per heavy atom. The molecule has 1 fully saturated rings. The summed E-state index contributed by atoms with van der Waals surface area (Å²) in [6.07, 6.45) is 13.6. The maximum Gasteiger partial charge on any atom is 2.00 e. The number of aliphatic carboxylic acids is 2. The number of carbonyl (C=O) groups excluding carboxylic acids is 2. The van der Waals surface area contributed by atoms with Gasteiger partial charge in [0.2, 0.25) is 0 Å². The molecule has 2 aliphatic rings. The third-order valence-electron chi connectivity index (χ3n) is 10.1. The summed E-state index contributed by atoms with van der Waals surface area (Å²) >= 11 is 0. The third kappa shape index (κ3) is 11.3. The summed E-state index contributed by atoms with van der Waals surface area (Å²) in [5, 5.41) is 20.7. The Morgan fingerprint density at radius 3 is 1.86 bits per heavy atom. The van der Waals surface area contributed by atoms with E-state index < -0.39 is 11.9 Å². The Labute approximate surface area is 268 Å². The molecule has 0 saturated heterocycles. The van der Waals surface area contributed by atoms with Crippen molar-refractivity contribution in [1.29, 1.82) is 0 Å². The van der Waals surface area contributed by atoms with Gasteiger partial charge in [-0.05, 0) is 109 Å². The minimum Gasteiger partial charge on any atom is -0.550 e. The van der Waals surface area contributed by atoms with Gasteiger partial charge in [0.25, 0.3) is 0 Å². The Balaban J connectivity index is 0.000000680. The number of aryl methyl sites for hydroxylation is 1. The first-order valence-electron chi connectivity index (χ1n) is 16.6. The predicted molar refractivity (Wildman–Crippen MR) is 167 cm³/mol. The zero-order chi connectivity index (χ0) is 31.2. The number of carboxylic acids is 2. The summed E-state index contributed by atoms with van der Waals surface area (Å²) in [5.74, 6) is -0.852. The van der Waals surface area contributed by atoms with Crippen LogP contribution >= 0.6 is 0 Å². The summed E-state index contributed by atoms with van der Waals surface area (Å²) in [5.41, 5.74) is 11.6. The number of unbranched alkanes of at least 4 members (excludes halogenated alkanes) is 2. The summed E-state index contributed by atoms with van der Waals surface area (Å²) in [6.45, 7) is 18.3. The van der Waals surface area contributed by atoms with Gasteiger partial charge >= 0.3 is 17.1 Å². The fourth-order valence-corrected chi connectivity index (χ4v) is 7.13. The van der Waals surface area contributed by atoms with E-state index in [-0.39, 0.29) is 28.9 Å². The van der Waals surface area contributed by atoms with Crippen molar-refractivity contribution in [2.45, 2.75) is 150 Å². The average molecular weight is 635 g/mol. The fourth-order valence-electron chi connectivity index (χ4n) is 7.13. The Morgan fingerprint density at radius 2 is 1.45 bits per heavy atom. The molecule has 42 heavy (non-hydrogen) atoms. The van der Waals surface area contributed by atoms with Crippen LogP contribution in [0, 0.1) is 23.2 Å². The fraction of sp³-hybridized carbons (Fsp3) is 0.778. The second-order valence-corrected chi connectivity index (χ2v) is 13.4. The third-order valence-corrected chi connectivity index (χ3v) is 10.1. The second-order valence-electron chi connectivity index (χ2n) is 13.4. The maximum atomic E-state index is 10.3. The van der Waals surface area contributed by atoms with Crippen molar-refractivity contribution in [3.05, 3.63) is 34.9 Å². The summed E-state index contributed by atoms with van der Waals surface area (Å²) in [6, 6.07) is 7.29. The molecule has 0 aliphatic heterocycles. The van der Waals surface area contributed by atoms with Crippen LogP contribution in [0.25, 0.3) is 0 Å². The molecule has 2 unspecified atom stereocenters. The minimum atomic E-state index is -0.893. The first kappa shape index (κ1) is 40.6. The van der Waals surface area contributed by atoms with E-state index in [1.807, 2.05) is 13.8 Å². The summed E-state index contributed by atoms with van der Waals surface area (Å²) < 4.78 is 0. The van der Waals surface area contributed by atoms with E-state index in [9.17, 15) is 19.8 Å².